The number of allylic oxidation sites excluding steroid dienone is 1. The van der Waals surface area contributed by atoms with Gasteiger partial charge in [-0.2, -0.15) is 0 Å². The highest BCUT2D eigenvalue weighted by atomic mass is 32.2. The van der Waals surface area contributed by atoms with Crippen LogP contribution < -0.4 is 25.2 Å². The molecule has 1 atom stereocenters. The first-order valence-electron chi connectivity index (χ1n) is 14.0. The minimum atomic E-state index is -0.823. The van der Waals surface area contributed by atoms with Crippen molar-refractivity contribution in [2.24, 2.45) is 4.99 Å². The molecule has 2 aromatic heterocycles. The number of benzene rings is 2. The number of H-pyrrole nitrogens is 1. The number of hydrogen-bond donors (Lipinski definition) is 1. The normalized spacial score (nSPS) is 14.6. The lowest BCUT2D eigenvalue weighted by Gasteiger charge is -2.26. The molecule has 0 radical (unpaired) electrons. The summed E-state index contributed by atoms with van der Waals surface area (Å²) in [5.74, 6) is 0.00189. The van der Waals surface area contributed by atoms with Gasteiger partial charge in [0.2, 0.25) is 0 Å². The van der Waals surface area contributed by atoms with Crippen molar-refractivity contribution >= 4 is 40.8 Å². The highest BCUT2D eigenvalue weighted by Gasteiger charge is 2.34. The molecule has 232 valence electrons. The third-order valence-corrected chi connectivity index (χ3v) is 8.77. The van der Waals surface area contributed by atoms with E-state index in [1.54, 1.807) is 50.3 Å². The summed E-state index contributed by atoms with van der Waals surface area (Å²) in [7, 11) is 1.54. The number of aromatic nitrogens is 3. The number of nitro benzene ring substituents is 1. The number of rotatable bonds is 10. The van der Waals surface area contributed by atoms with Gasteiger partial charge in [-0.15, -0.1) is 0 Å². The molecular weight excluding hydrogens is 619 g/mol. The molecule has 2 aromatic carbocycles. The Morgan fingerprint density at radius 1 is 1.20 bits per heavy atom. The first-order chi connectivity index (χ1) is 21.6. The van der Waals surface area contributed by atoms with Crippen molar-refractivity contribution in [3.8, 4) is 5.75 Å². The van der Waals surface area contributed by atoms with E-state index in [0.717, 1.165) is 23.1 Å². The second-order valence-corrected chi connectivity index (χ2v) is 12.0. The van der Waals surface area contributed by atoms with Gasteiger partial charge in [0.25, 0.3) is 16.8 Å². The number of ether oxygens (including phenoxy) is 2. The maximum Gasteiger partial charge on any atom is 0.338 e. The lowest BCUT2D eigenvalue weighted by molar-refractivity contribution is -0.387. The van der Waals surface area contributed by atoms with E-state index in [4.69, 9.17) is 14.5 Å². The number of aryl methyl sites for hydroxylation is 1. The fraction of sp³-hybridized carbons (Fsp3) is 0.258. The van der Waals surface area contributed by atoms with Crippen LogP contribution >= 0.6 is 23.1 Å². The average molecular weight is 648 g/mol. The molecule has 1 N–H and O–H groups in total. The molecule has 0 bridgehead atoms. The van der Waals surface area contributed by atoms with E-state index in [9.17, 15) is 24.5 Å². The van der Waals surface area contributed by atoms with E-state index in [0.29, 0.717) is 45.9 Å². The largest absolute Gasteiger partial charge is 0.497 e. The van der Waals surface area contributed by atoms with Crippen LogP contribution in [-0.4, -0.2) is 39.1 Å². The number of nitro groups is 1. The van der Waals surface area contributed by atoms with Crippen LogP contribution in [0.15, 0.2) is 84.4 Å². The smallest absolute Gasteiger partial charge is 0.338 e. The molecule has 45 heavy (non-hydrogen) atoms. The molecule has 0 amide bonds. The van der Waals surface area contributed by atoms with Crippen molar-refractivity contribution < 1.29 is 19.2 Å². The van der Waals surface area contributed by atoms with Crippen molar-refractivity contribution in [2.75, 3.05) is 13.7 Å². The van der Waals surface area contributed by atoms with E-state index >= 15 is 0 Å². The number of thiazole rings is 1. The Kier molecular flexibility index (Phi) is 9.44. The van der Waals surface area contributed by atoms with Gasteiger partial charge in [-0.1, -0.05) is 42.9 Å². The third-order valence-electron chi connectivity index (χ3n) is 6.83. The summed E-state index contributed by atoms with van der Waals surface area (Å²) >= 11 is 2.10. The zero-order chi connectivity index (χ0) is 32.2. The molecule has 0 aliphatic carbocycles. The minimum absolute atomic E-state index is 0.153. The van der Waals surface area contributed by atoms with E-state index in [1.807, 2.05) is 13.0 Å². The van der Waals surface area contributed by atoms with Gasteiger partial charge in [0.05, 0.1) is 45.4 Å². The number of methoxy groups -OCH3 is 1. The molecular formula is C31H29N5O7S2. The van der Waals surface area contributed by atoms with Crippen molar-refractivity contribution in [2.45, 2.75) is 49.7 Å². The summed E-state index contributed by atoms with van der Waals surface area (Å²) in [4.78, 5) is 63.0. The van der Waals surface area contributed by atoms with Crippen LogP contribution in [0, 0.1) is 17.0 Å². The van der Waals surface area contributed by atoms with Crippen LogP contribution in [0.25, 0.3) is 6.08 Å². The van der Waals surface area contributed by atoms with Crippen LogP contribution in [0.2, 0.25) is 0 Å². The Bertz CT molecular complexity index is 2080. The van der Waals surface area contributed by atoms with E-state index in [1.165, 1.54) is 23.8 Å². The first kappa shape index (κ1) is 31.6. The van der Waals surface area contributed by atoms with Crippen LogP contribution in [-0.2, 0) is 9.53 Å². The molecule has 4 aromatic rings. The Labute approximate surface area is 264 Å². The molecule has 0 saturated heterocycles. The lowest BCUT2D eigenvalue weighted by Crippen LogP contribution is -2.40. The molecule has 5 rings (SSSR count). The van der Waals surface area contributed by atoms with Gasteiger partial charge in [-0.05, 0) is 67.4 Å². The van der Waals surface area contributed by atoms with Gasteiger partial charge in [0.1, 0.15) is 5.75 Å². The predicted octanol–water partition coefficient (Wildman–Crippen LogP) is 4.04. The molecule has 1 aliphatic rings. The summed E-state index contributed by atoms with van der Waals surface area (Å²) in [6, 6.07) is 12.2. The zero-order valence-corrected chi connectivity index (χ0v) is 26.5. The molecule has 14 heteroatoms. The summed E-state index contributed by atoms with van der Waals surface area (Å²) < 4.78 is 12.6. The quantitative estimate of drug-likeness (QED) is 0.116. The van der Waals surface area contributed by atoms with Gasteiger partial charge in [-0.3, -0.25) is 24.3 Å². The van der Waals surface area contributed by atoms with Crippen LogP contribution in [0.4, 0.5) is 5.69 Å². The van der Waals surface area contributed by atoms with Gasteiger partial charge in [-0.25, -0.2) is 14.8 Å². The van der Waals surface area contributed by atoms with Gasteiger partial charge in [0.15, 0.2) is 9.96 Å². The third kappa shape index (κ3) is 6.66. The molecule has 0 spiro atoms. The topological polar surface area (TPSA) is 159 Å². The van der Waals surface area contributed by atoms with Crippen LogP contribution in [0.5, 0.6) is 5.75 Å². The summed E-state index contributed by atoms with van der Waals surface area (Å²) in [5, 5.41) is 12.3. The minimum Gasteiger partial charge on any atom is -0.497 e. The van der Waals surface area contributed by atoms with Crippen LogP contribution in [0.3, 0.4) is 0 Å². The number of hydrogen-bond acceptors (Lipinski definition) is 11. The van der Waals surface area contributed by atoms with E-state index in [2.05, 4.69) is 9.97 Å². The summed E-state index contributed by atoms with van der Waals surface area (Å²) in [6.07, 6.45) is 2.77. The average Bonchev–Trinajstić information content (AvgIpc) is 3.30. The number of carbonyl (C=O) groups excluding carboxylic acids is 1. The fourth-order valence-electron chi connectivity index (χ4n) is 4.96. The Balaban J connectivity index is 1.66. The number of esters is 1. The number of fused-ring (bicyclic) bond motifs is 1. The molecule has 12 nitrogen and oxygen atoms in total. The van der Waals surface area contributed by atoms with Gasteiger partial charge >= 0.3 is 5.97 Å². The number of nitrogens with one attached hydrogen (secondary N) is 1. The zero-order valence-electron chi connectivity index (χ0n) is 24.9. The van der Waals surface area contributed by atoms with Crippen molar-refractivity contribution in [1.29, 1.82) is 0 Å². The molecule has 0 fully saturated rings. The predicted molar refractivity (Wildman–Crippen MR) is 169 cm³/mol. The molecule has 1 aliphatic heterocycles. The van der Waals surface area contributed by atoms with Crippen molar-refractivity contribution in [1.82, 2.24) is 14.5 Å². The Hall–Kier alpha value is -4.82. The summed E-state index contributed by atoms with van der Waals surface area (Å²) in [6.45, 7) is 5.50. The highest BCUT2D eigenvalue weighted by molar-refractivity contribution is 7.99. The van der Waals surface area contributed by atoms with E-state index < -0.39 is 22.5 Å². The first-order valence-corrected chi connectivity index (χ1v) is 15.7. The Morgan fingerprint density at radius 3 is 2.69 bits per heavy atom. The number of nitrogens with zero attached hydrogens (tertiary/aromatic N) is 4. The standard InChI is InChI=1S/C31H29N5O7S2/c1-5-8-21-26(29(39)43-6-2)27(19-9-7-10-20(16-19)42-4)35-28(38)24(45-31(35)33-21)15-18-11-12-23(22(14-18)36(40)41)44-30-32-17(3)13-25(37)34-30/h7,9-16,27H,5-6,8H2,1-4H3,(H,32,34,37)/b24-15+/t27-/m1/s1. The van der Waals surface area contributed by atoms with Crippen molar-refractivity contribution in [3.05, 3.63) is 117 Å². The van der Waals surface area contributed by atoms with Gasteiger partial charge in [0, 0.05) is 17.8 Å². The van der Waals surface area contributed by atoms with E-state index in [-0.39, 0.29) is 38.0 Å². The second-order valence-electron chi connectivity index (χ2n) is 9.97. The summed E-state index contributed by atoms with van der Waals surface area (Å²) in [5.41, 5.74) is 1.38. The SMILES string of the molecule is CCCC1=C(C(=O)OCC)[C@@H](c2cccc(OC)c2)n2c(s/c(=C/c3ccc(Sc4nc(C)cc(=O)[nH]4)c([N+](=O)[O-])c3)c2=O)=N1. The molecule has 0 saturated carbocycles. The maximum absolute atomic E-state index is 14.0. The second kappa shape index (κ2) is 13.4. The van der Waals surface area contributed by atoms with Crippen molar-refractivity contribution in [3.63, 3.8) is 0 Å². The Morgan fingerprint density at radius 2 is 2.00 bits per heavy atom. The monoisotopic (exact) mass is 647 g/mol. The molecule has 0 unspecified atom stereocenters. The molecule has 3 heterocycles. The fourth-order valence-corrected chi connectivity index (χ4v) is 6.90. The lowest BCUT2D eigenvalue weighted by atomic mass is 9.94. The number of aromatic amines is 1. The van der Waals surface area contributed by atoms with Crippen LogP contribution in [0.1, 0.15) is 49.6 Å². The number of carbonyl (C=O) groups is 1. The maximum atomic E-state index is 14.0. The van der Waals surface area contributed by atoms with Gasteiger partial charge < -0.3 is 14.5 Å². The highest BCUT2D eigenvalue weighted by Crippen LogP contribution is 2.35.